The van der Waals surface area contributed by atoms with Crippen LogP contribution in [0.15, 0.2) is 16.8 Å². The molecular weight excluding hydrogens is 208 g/mol. The lowest BCUT2D eigenvalue weighted by molar-refractivity contribution is 0.342. The van der Waals surface area contributed by atoms with E-state index >= 15 is 0 Å². The number of hydrogen-bond acceptors (Lipinski definition) is 2. The lowest BCUT2D eigenvalue weighted by atomic mass is 10.1. The molecule has 0 unspecified atom stereocenters. The standard InChI is InChI=1S/C13H20N2.C2H6/c1-4-15(5-2)10-6-7-13-9-8-12(3)11-14-13;1-2/h11H,4-5,8-10H2,1-3H3;1-2H3. The maximum absolute atomic E-state index is 4.32. The maximum Gasteiger partial charge on any atom is 0.0902 e. The summed E-state index contributed by atoms with van der Waals surface area (Å²) < 4.78 is 0. The van der Waals surface area contributed by atoms with Crippen LogP contribution < -0.4 is 0 Å². The molecule has 1 heterocycles. The zero-order chi connectivity index (χ0) is 13.1. The quantitative estimate of drug-likeness (QED) is 0.682. The molecule has 0 aliphatic carbocycles. The van der Waals surface area contributed by atoms with E-state index in [1.54, 1.807) is 0 Å². The molecule has 96 valence electrons. The Bertz CT molecular complexity index is 312. The van der Waals surface area contributed by atoms with E-state index in [0.29, 0.717) is 0 Å². The van der Waals surface area contributed by atoms with Crippen LogP contribution in [0.2, 0.25) is 0 Å². The van der Waals surface area contributed by atoms with Gasteiger partial charge in [0.15, 0.2) is 0 Å². The lowest BCUT2D eigenvalue weighted by Gasteiger charge is -2.13. The zero-order valence-electron chi connectivity index (χ0n) is 12.0. The van der Waals surface area contributed by atoms with Crippen molar-refractivity contribution in [2.45, 2.75) is 47.5 Å². The molecule has 0 aromatic heterocycles. The van der Waals surface area contributed by atoms with Gasteiger partial charge in [0.1, 0.15) is 0 Å². The molecule has 1 rings (SSSR count). The molecule has 0 spiro atoms. The van der Waals surface area contributed by atoms with E-state index in [4.69, 9.17) is 0 Å². The minimum atomic E-state index is 0.856. The summed E-state index contributed by atoms with van der Waals surface area (Å²) in [5, 5.41) is 0. The molecule has 0 fully saturated rings. The summed E-state index contributed by atoms with van der Waals surface area (Å²) in [6.07, 6.45) is 4.05. The average molecular weight is 234 g/mol. The van der Waals surface area contributed by atoms with Crippen molar-refractivity contribution < 1.29 is 0 Å². The molecule has 0 N–H and O–H groups in total. The van der Waals surface area contributed by atoms with Gasteiger partial charge in [-0.25, -0.2) is 0 Å². The fourth-order valence-corrected chi connectivity index (χ4v) is 1.43. The summed E-state index contributed by atoms with van der Waals surface area (Å²) in [4.78, 5) is 6.62. The van der Waals surface area contributed by atoms with Crippen molar-refractivity contribution in [3.8, 4) is 11.8 Å². The summed E-state index contributed by atoms with van der Waals surface area (Å²) in [5.74, 6) is 6.34. The second-order valence-electron chi connectivity index (χ2n) is 3.81. The number of nitrogens with zero attached hydrogens (tertiary/aromatic N) is 2. The van der Waals surface area contributed by atoms with Crippen molar-refractivity contribution in [1.82, 2.24) is 4.90 Å². The van der Waals surface area contributed by atoms with Gasteiger partial charge in [0.05, 0.1) is 12.3 Å². The molecule has 2 heteroatoms. The Kier molecular flexibility index (Phi) is 9.47. The van der Waals surface area contributed by atoms with Crippen LogP contribution in [0.5, 0.6) is 0 Å². The molecule has 0 bridgehead atoms. The molecule has 0 saturated carbocycles. The third kappa shape index (κ3) is 6.97. The Labute approximate surface area is 107 Å². The molecule has 0 atom stereocenters. The van der Waals surface area contributed by atoms with Crippen LogP contribution in [0.1, 0.15) is 47.5 Å². The number of aliphatic imine (C=N–C) groups is 1. The van der Waals surface area contributed by atoms with Crippen LogP contribution in [-0.4, -0.2) is 30.2 Å². The van der Waals surface area contributed by atoms with E-state index < -0.39 is 0 Å². The van der Waals surface area contributed by atoms with Crippen molar-refractivity contribution in [1.29, 1.82) is 0 Å². The van der Waals surface area contributed by atoms with E-state index in [2.05, 4.69) is 42.5 Å². The van der Waals surface area contributed by atoms with Gasteiger partial charge in [0, 0.05) is 12.6 Å². The molecule has 0 aromatic carbocycles. The zero-order valence-corrected chi connectivity index (χ0v) is 12.0. The molecule has 0 saturated heterocycles. The van der Waals surface area contributed by atoms with E-state index in [-0.39, 0.29) is 0 Å². The fourth-order valence-electron chi connectivity index (χ4n) is 1.43. The predicted molar refractivity (Wildman–Crippen MR) is 77.3 cm³/mol. The van der Waals surface area contributed by atoms with Crippen LogP contribution in [0.25, 0.3) is 0 Å². The number of rotatable bonds is 3. The Morgan fingerprint density at radius 1 is 1.24 bits per heavy atom. The minimum absolute atomic E-state index is 0.856. The van der Waals surface area contributed by atoms with Gasteiger partial charge in [-0.2, -0.15) is 0 Å². The Hall–Kier alpha value is -1.07. The summed E-state index contributed by atoms with van der Waals surface area (Å²) in [5.41, 5.74) is 2.39. The van der Waals surface area contributed by atoms with E-state index in [1.807, 2.05) is 20.0 Å². The Morgan fingerprint density at radius 3 is 2.35 bits per heavy atom. The third-order valence-corrected chi connectivity index (χ3v) is 2.63. The van der Waals surface area contributed by atoms with Crippen molar-refractivity contribution in [3.05, 3.63) is 11.8 Å². The summed E-state index contributed by atoms with van der Waals surface area (Å²) in [6.45, 7) is 13.4. The van der Waals surface area contributed by atoms with Gasteiger partial charge in [0.25, 0.3) is 0 Å². The highest BCUT2D eigenvalue weighted by atomic mass is 15.1. The summed E-state index contributed by atoms with van der Waals surface area (Å²) in [6, 6.07) is 0. The van der Waals surface area contributed by atoms with E-state index in [0.717, 1.165) is 38.2 Å². The van der Waals surface area contributed by atoms with E-state index in [1.165, 1.54) is 5.57 Å². The van der Waals surface area contributed by atoms with Gasteiger partial charge >= 0.3 is 0 Å². The molecule has 1 aliphatic rings. The van der Waals surface area contributed by atoms with Gasteiger partial charge in [-0.15, -0.1) is 0 Å². The second kappa shape index (κ2) is 10.1. The van der Waals surface area contributed by atoms with Crippen molar-refractivity contribution >= 4 is 5.71 Å². The van der Waals surface area contributed by atoms with Crippen molar-refractivity contribution in [3.63, 3.8) is 0 Å². The van der Waals surface area contributed by atoms with Gasteiger partial charge in [-0.1, -0.05) is 39.2 Å². The van der Waals surface area contributed by atoms with Crippen molar-refractivity contribution in [2.75, 3.05) is 19.6 Å². The minimum Gasteiger partial charge on any atom is -0.293 e. The molecule has 0 radical (unpaired) electrons. The number of allylic oxidation sites excluding steroid dienone is 1. The first-order valence-corrected chi connectivity index (χ1v) is 6.69. The highest BCUT2D eigenvalue weighted by molar-refractivity contribution is 6.01. The molecule has 17 heavy (non-hydrogen) atoms. The Balaban J connectivity index is 0.00000121. The first-order chi connectivity index (χ1) is 8.26. The molecule has 1 aliphatic heterocycles. The lowest BCUT2D eigenvalue weighted by Crippen LogP contribution is -2.23. The molecular formula is C15H26N2. The second-order valence-corrected chi connectivity index (χ2v) is 3.81. The molecule has 2 nitrogen and oxygen atoms in total. The Morgan fingerprint density at radius 2 is 1.88 bits per heavy atom. The van der Waals surface area contributed by atoms with Gasteiger partial charge in [0.2, 0.25) is 0 Å². The van der Waals surface area contributed by atoms with Gasteiger partial charge in [-0.05, 0) is 32.4 Å². The summed E-state index contributed by atoms with van der Waals surface area (Å²) >= 11 is 0. The highest BCUT2D eigenvalue weighted by Gasteiger charge is 2.01. The van der Waals surface area contributed by atoms with Gasteiger partial charge in [-0.3, -0.25) is 9.89 Å². The van der Waals surface area contributed by atoms with Crippen LogP contribution in [0.3, 0.4) is 0 Å². The first-order valence-electron chi connectivity index (χ1n) is 6.69. The van der Waals surface area contributed by atoms with Gasteiger partial charge < -0.3 is 0 Å². The SMILES string of the molecule is CC.CCN(CC)CC#CC1=NC=C(C)CC1. The summed E-state index contributed by atoms with van der Waals surface area (Å²) in [7, 11) is 0. The monoisotopic (exact) mass is 234 g/mol. The number of hydrogen-bond donors (Lipinski definition) is 0. The molecule has 0 aromatic rings. The topological polar surface area (TPSA) is 15.6 Å². The smallest absolute Gasteiger partial charge is 0.0902 e. The fraction of sp³-hybridized carbons (Fsp3) is 0.667. The highest BCUT2D eigenvalue weighted by Crippen LogP contribution is 2.10. The first kappa shape index (κ1) is 15.9. The average Bonchev–Trinajstić information content (AvgIpc) is 2.39. The normalized spacial score (nSPS) is 14.0. The van der Waals surface area contributed by atoms with Crippen LogP contribution >= 0.6 is 0 Å². The largest absolute Gasteiger partial charge is 0.293 e. The van der Waals surface area contributed by atoms with Crippen molar-refractivity contribution in [2.24, 2.45) is 4.99 Å². The van der Waals surface area contributed by atoms with Crippen LogP contribution in [0.4, 0.5) is 0 Å². The predicted octanol–water partition coefficient (Wildman–Crippen LogP) is 3.50. The molecule has 0 amide bonds. The maximum atomic E-state index is 4.32. The third-order valence-electron chi connectivity index (χ3n) is 2.63. The van der Waals surface area contributed by atoms with Crippen LogP contribution in [-0.2, 0) is 0 Å². The van der Waals surface area contributed by atoms with E-state index in [9.17, 15) is 0 Å². The van der Waals surface area contributed by atoms with Crippen LogP contribution in [0, 0.1) is 11.8 Å².